The van der Waals surface area contributed by atoms with E-state index in [1.54, 1.807) is 24.0 Å². The number of carbonyl (C=O) groups is 1. The Balaban J connectivity index is 1.92. The quantitative estimate of drug-likeness (QED) is 0.707. The van der Waals surface area contributed by atoms with Crippen LogP contribution in [-0.4, -0.2) is 22.7 Å². The Labute approximate surface area is 167 Å². The highest BCUT2D eigenvalue weighted by Gasteiger charge is 2.28. The first-order valence-electron chi connectivity index (χ1n) is 9.54. The highest BCUT2D eigenvalue weighted by molar-refractivity contribution is 5.97. The fourth-order valence-electron chi connectivity index (χ4n) is 4.05. The third-order valence-corrected chi connectivity index (χ3v) is 5.50. The number of amides is 1. The molecule has 1 aliphatic rings. The van der Waals surface area contributed by atoms with Crippen molar-refractivity contribution < 1.29 is 13.6 Å². The normalized spacial score (nSPS) is 15.5. The van der Waals surface area contributed by atoms with Gasteiger partial charge in [-0.05, 0) is 55.1 Å². The SMILES string of the molecule is CNCc1ccc(-c2cnn3c2CCC(C)c2cc(F)cc(C(N)=O)c2-3)c(F)c1. The van der Waals surface area contributed by atoms with Crippen LogP contribution in [0.4, 0.5) is 8.78 Å². The number of fused-ring (bicyclic) bond motifs is 3. The van der Waals surface area contributed by atoms with Crippen molar-refractivity contribution in [3.8, 4) is 16.8 Å². The van der Waals surface area contributed by atoms with Gasteiger partial charge in [-0.15, -0.1) is 0 Å². The number of nitrogens with two attached hydrogens (primary N) is 1. The third kappa shape index (κ3) is 3.31. The van der Waals surface area contributed by atoms with Gasteiger partial charge in [-0.25, -0.2) is 13.5 Å². The molecule has 1 atom stereocenters. The molecule has 5 nitrogen and oxygen atoms in total. The molecule has 0 bridgehead atoms. The fraction of sp³-hybridized carbons (Fsp3) is 0.273. The van der Waals surface area contributed by atoms with Gasteiger partial charge in [0.25, 0.3) is 5.91 Å². The molecule has 1 unspecified atom stereocenters. The van der Waals surface area contributed by atoms with Crippen molar-refractivity contribution in [1.82, 2.24) is 15.1 Å². The van der Waals surface area contributed by atoms with Crippen LogP contribution < -0.4 is 11.1 Å². The van der Waals surface area contributed by atoms with Crippen LogP contribution in [0.3, 0.4) is 0 Å². The van der Waals surface area contributed by atoms with Gasteiger partial charge in [0.1, 0.15) is 11.6 Å². The molecular weight excluding hydrogens is 374 g/mol. The maximum Gasteiger partial charge on any atom is 0.251 e. The minimum atomic E-state index is -0.722. The van der Waals surface area contributed by atoms with E-state index in [0.717, 1.165) is 17.3 Å². The van der Waals surface area contributed by atoms with Crippen molar-refractivity contribution in [1.29, 1.82) is 0 Å². The largest absolute Gasteiger partial charge is 0.366 e. The van der Waals surface area contributed by atoms with Crippen molar-refractivity contribution in [3.63, 3.8) is 0 Å². The standard InChI is InChI=1S/C22H22F2N4O/c1-12-3-6-20-18(15-5-4-13(10-26-2)7-19(15)24)11-27-28(20)21-16(12)8-14(23)9-17(21)22(25)29/h4-5,7-9,11-12,26H,3,6,10H2,1-2H3,(H2,25,29). The van der Waals surface area contributed by atoms with E-state index in [9.17, 15) is 13.6 Å². The minimum Gasteiger partial charge on any atom is -0.366 e. The van der Waals surface area contributed by atoms with Crippen LogP contribution in [0.15, 0.2) is 36.5 Å². The van der Waals surface area contributed by atoms with E-state index in [4.69, 9.17) is 5.73 Å². The molecule has 0 radical (unpaired) electrons. The molecule has 29 heavy (non-hydrogen) atoms. The molecule has 0 spiro atoms. The molecule has 7 heteroatoms. The second-order valence-corrected chi connectivity index (χ2v) is 7.46. The third-order valence-electron chi connectivity index (χ3n) is 5.50. The van der Waals surface area contributed by atoms with Crippen molar-refractivity contribution in [3.05, 3.63) is 70.5 Å². The molecule has 0 saturated heterocycles. The Kier molecular flexibility index (Phi) is 4.92. The number of nitrogens with zero attached hydrogens (tertiary/aromatic N) is 2. The molecule has 2 aromatic carbocycles. The van der Waals surface area contributed by atoms with Gasteiger partial charge >= 0.3 is 0 Å². The van der Waals surface area contributed by atoms with Gasteiger partial charge < -0.3 is 11.1 Å². The van der Waals surface area contributed by atoms with Crippen LogP contribution in [0.2, 0.25) is 0 Å². The number of carbonyl (C=O) groups excluding carboxylic acids is 1. The van der Waals surface area contributed by atoms with Gasteiger partial charge in [-0.1, -0.05) is 19.1 Å². The zero-order valence-corrected chi connectivity index (χ0v) is 16.3. The highest BCUT2D eigenvalue weighted by Crippen LogP contribution is 2.38. The summed E-state index contributed by atoms with van der Waals surface area (Å²) in [5, 5.41) is 7.45. The van der Waals surface area contributed by atoms with Gasteiger partial charge in [-0.2, -0.15) is 5.10 Å². The molecule has 4 rings (SSSR count). The van der Waals surface area contributed by atoms with Crippen LogP contribution >= 0.6 is 0 Å². The van der Waals surface area contributed by atoms with Gasteiger partial charge in [0, 0.05) is 17.7 Å². The molecule has 2 heterocycles. The lowest BCUT2D eigenvalue weighted by atomic mass is 9.92. The van der Waals surface area contributed by atoms with Crippen molar-refractivity contribution >= 4 is 5.91 Å². The van der Waals surface area contributed by atoms with Gasteiger partial charge in [0.05, 0.1) is 23.1 Å². The van der Waals surface area contributed by atoms with E-state index >= 15 is 0 Å². The van der Waals surface area contributed by atoms with Crippen molar-refractivity contribution in [2.24, 2.45) is 5.73 Å². The first-order valence-corrected chi connectivity index (χ1v) is 9.54. The summed E-state index contributed by atoms with van der Waals surface area (Å²) in [6.45, 7) is 2.55. The molecule has 150 valence electrons. The number of primary amides is 1. The lowest BCUT2D eigenvalue weighted by molar-refractivity contribution is 0.0999. The molecule has 0 saturated carbocycles. The first kappa shape index (κ1) is 19.3. The fourth-order valence-corrected chi connectivity index (χ4v) is 4.05. The van der Waals surface area contributed by atoms with E-state index in [2.05, 4.69) is 10.4 Å². The number of rotatable bonds is 4. The zero-order chi connectivity index (χ0) is 20.7. The van der Waals surface area contributed by atoms with E-state index in [1.807, 2.05) is 13.0 Å². The molecule has 3 N–H and O–H groups in total. The topological polar surface area (TPSA) is 72.9 Å². The average Bonchev–Trinajstić information content (AvgIpc) is 3.03. The monoisotopic (exact) mass is 396 g/mol. The maximum atomic E-state index is 14.9. The molecule has 0 aliphatic carbocycles. The number of aromatic nitrogens is 2. The van der Waals surface area contributed by atoms with Gasteiger partial charge in [0.15, 0.2) is 0 Å². The van der Waals surface area contributed by atoms with Crippen molar-refractivity contribution in [2.45, 2.75) is 32.2 Å². The molecule has 1 amide bonds. The van der Waals surface area contributed by atoms with Crippen LogP contribution in [0.25, 0.3) is 16.8 Å². The summed E-state index contributed by atoms with van der Waals surface area (Å²) < 4.78 is 30.6. The Bertz CT molecular complexity index is 1110. The lowest BCUT2D eigenvalue weighted by Crippen LogP contribution is -2.18. The van der Waals surface area contributed by atoms with Gasteiger partial charge in [-0.3, -0.25) is 4.79 Å². The second-order valence-electron chi connectivity index (χ2n) is 7.46. The van der Waals surface area contributed by atoms with Gasteiger partial charge in [0.2, 0.25) is 0 Å². The summed E-state index contributed by atoms with van der Waals surface area (Å²) in [6.07, 6.45) is 2.93. The molecule has 0 fully saturated rings. The maximum absolute atomic E-state index is 14.9. The second kappa shape index (κ2) is 7.40. The highest BCUT2D eigenvalue weighted by atomic mass is 19.1. The predicted octanol–water partition coefficient (Wildman–Crippen LogP) is 3.69. The molecule has 1 aromatic heterocycles. The van der Waals surface area contributed by atoms with E-state index in [0.29, 0.717) is 41.8 Å². The van der Waals surface area contributed by atoms with Crippen LogP contribution in [0, 0.1) is 11.6 Å². The number of halogens is 2. The summed E-state index contributed by atoms with van der Waals surface area (Å²) in [7, 11) is 1.81. The lowest BCUT2D eigenvalue weighted by Gasteiger charge is -2.16. The Hall–Kier alpha value is -3.06. The minimum absolute atomic E-state index is 0.00352. The number of benzene rings is 2. The van der Waals surface area contributed by atoms with Crippen LogP contribution in [-0.2, 0) is 13.0 Å². The Morgan fingerprint density at radius 1 is 1.28 bits per heavy atom. The van der Waals surface area contributed by atoms with Crippen molar-refractivity contribution in [2.75, 3.05) is 7.05 Å². The average molecular weight is 396 g/mol. The molecular formula is C22H22F2N4O. The smallest absolute Gasteiger partial charge is 0.251 e. The molecule has 3 aromatic rings. The summed E-state index contributed by atoms with van der Waals surface area (Å²) in [6, 6.07) is 7.69. The summed E-state index contributed by atoms with van der Waals surface area (Å²) in [4.78, 5) is 12.0. The number of hydrogen-bond acceptors (Lipinski definition) is 3. The van der Waals surface area contributed by atoms with Crippen LogP contribution in [0.1, 0.15) is 46.4 Å². The van der Waals surface area contributed by atoms with E-state index in [-0.39, 0.29) is 17.3 Å². The first-order chi connectivity index (χ1) is 13.9. The number of hydrogen-bond donors (Lipinski definition) is 2. The zero-order valence-electron chi connectivity index (χ0n) is 16.3. The summed E-state index contributed by atoms with van der Waals surface area (Å²) in [5.41, 5.74) is 9.52. The van der Waals surface area contributed by atoms with Crippen LogP contribution in [0.5, 0.6) is 0 Å². The Morgan fingerprint density at radius 2 is 2.07 bits per heavy atom. The summed E-state index contributed by atoms with van der Waals surface area (Å²) in [5.74, 6) is -1.57. The Morgan fingerprint density at radius 3 is 2.76 bits per heavy atom. The predicted molar refractivity (Wildman–Crippen MR) is 107 cm³/mol. The molecule has 1 aliphatic heterocycles. The summed E-state index contributed by atoms with van der Waals surface area (Å²) >= 11 is 0. The van der Waals surface area contributed by atoms with E-state index in [1.165, 1.54) is 12.1 Å². The van der Waals surface area contributed by atoms with E-state index < -0.39 is 11.7 Å². The number of nitrogens with one attached hydrogen (secondary N) is 1.